The van der Waals surface area contributed by atoms with Gasteiger partial charge in [0, 0.05) is 66.8 Å². The number of fused-ring (bicyclic) bond motifs is 1. The van der Waals surface area contributed by atoms with Crippen LogP contribution in [0.15, 0.2) is 71.9 Å². The topological polar surface area (TPSA) is 117 Å². The summed E-state index contributed by atoms with van der Waals surface area (Å²) in [5, 5.41) is 9.23. The van der Waals surface area contributed by atoms with Crippen molar-refractivity contribution in [2.75, 3.05) is 36.4 Å². The van der Waals surface area contributed by atoms with Gasteiger partial charge in [-0.15, -0.1) is 0 Å². The lowest BCUT2D eigenvalue weighted by molar-refractivity contribution is 0.209. The molecule has 0 saturated carbocycles. The molecule has 1 saturated heterocycles. The first kappa shape index (κ1) is 24.1. The average Bonchev–Trinajstić information content (AvgIpc) is 2.88. The second-order valence-electron chi connectivity index (χ2n) is 9.15. The number of nitrogens with one attached hydrogen (secondary N) is 1. The number of rotatable bonds is 6. The molecule has 186 valence electrons. The molecule has 0 bridgehead atoms. The number of primary sulfonamides is 1. The Morgan fingerprint density at radius 2 is 1.67 bits per heavy atom. The van der Waals surface area contributed by atoms with Gasteiger partial charge in [0.25, 0.3) is 0 Å². The minimum Gasteiger partial charge on any atom is -0.354 e. The molecule has 0 radical (unpaired) electrons. The summed E-state index contributed by atoms with van der Waals surface area (Å²) in [7, 11) is -3.74. The summed E-state index contributed by atoms with van der Waals surface area (Å²) in [5.74, 6) is 1.40. The highest BCUT2D eigenvalue weighted by Crippen LogP contribution is 2.29. The zero-order valence-electron chi connectivity index (χ0n) is 20.3. The molecule has 0 spiro atoms. The highest BCUT2D eigenvalue weighted by atomic mass is 32.2. The summed E-state index contributed by atoms with van der Waals surface area (Å²) >= 11 is 0. The largest absolute Gasteiger partial charge is 0.354 e. The maximum atomic E-state index is 11.5. The van der Waals surface area contributed by atoms with E-state index in [2.05, 4.69) is 46.1 Å². The van der Waals surface area contributed by atoms with Gasteiger partial charge in [-0.2, -0.15) is 0 Å². The van der Waals surface area contributed by atoms with E-state index < -0.39 is 10.0 Å². The smallest absolute Gasteiger partial charge is 0.238 e. The monoisotopic (exact) mass is 503 g/mol. The Labute approximate surface area is 211 Å². The van der Waals surface area contributed by atoms with E-state index in [1.807, 2.05) is 24.4 Å². The van der Waals surface area contributed by atoms with Gasteiger partial charge < -0.3 is 10.2 Å². The number of aromatic nitrogens is 3. The number of piperazine rings is 1. The van der Waals surface area contributed by atoms with Gasteiger partial charge in [-0.1, -0.05) is 18.2 Å². The molecule has 3 heterocycles. The Kier molecular flexibility index (Phi) is 6.57. The highest BCUT2D eigenvalue weighted by molar-refractivity contribution is 7.89. The number of para-hydroxylation sites is 1. The Hall–Kier alpha value is -3.60. The lowest BCUT2D eigenvalue weighted by Gasteiger charge is -2.37. The quantitative estimate of drug-likeness (QED) is 0.410. The molecule has 0 unspecified atom stereocenters. The van der Waals surface area contributed by atoms with Crippen LogP contribution in [0.2, 0.25) is 0 Å². The highest BCUT2D eigenvalue weighted by Gasteiger charge is 2.20. The summed E-state index contributed by atoms with van der Waals surface area (Å²) in [6.45, 7) is 8.51. The number of hydrogen-bond donors (Lipinski definition) is 2. The summed E-state index contributed by atoms with van der Waals surface area (Å²) in [6, 6.07) is 16.9. The molecule has 1 aliphatic heterocycles. The molecule has 36 heavy (non-hydrogen) atoms. The molecule has 0 atom stereocenters. The number of nitrogens with zero attached hydrogens (tertiary/aromatic N) is 5. The van der Waals surface area contributed by atoms with Crippen molar-refractivity contribution in [2.24, 2.45) is 5.14 Å². The predicted molar refractivity (Wildman–Crippen MR) is 143 cm³/mol. The van der Waals surface area contributed by atoms with Crippen LogP contribution >= 0.6 is 0 Å². The van der Waals surface area contributed by atoms with E-state index in [0.29, 0.717) is 17.7 Å². The van der Waals surface area contributed by atoms with Crippen LogP contribution in [0.5, 0.6) is 0 Å². The van der Waals surface area contributed by atoms with Crippen molar-refractivity contribution in [2.45, 2.75) is 24.8 Å². The van der Waals surface area contributed by atoms with Crippen molar-refractivity contribution >= 4 is 38.4 Å². The molecule has 9 nitrogen and oxygen atoms in total. The van der Waals surface area contributed by atoms with Gasteiger partial charge in [-0.25, -0.2) is 28.5 Å². The van der Waals surface area contributed by atoms with Gasteiger partial charge in [-0.05, 0) is 50.2 Å². The van der Waals surface area contributed by atoms with Gasteiger partial charge in [0.05, 0.1) is 10.4 Å². The minimum absolute atomic E-state index is 0.0486. The maximum Gasteiger partial charge on any atom is 0.238 e. The van der Waals surface area contributed by atoms with Gasteiger partial charge >= 0.3 is 0 Å². The molecule has 4 aromatic rings. The molecular formula is C26H29N7O2S. The molecule has 1 fully saturated rings. The van der Waals surface area contributed by atoms with E-state index in [9.17, 15) is 8.42 Å². The summed E-state index contributed by atoms with van der Waals surface area (Å²) in [4.78, 5) is 18.8. The van der Waals surface area contributed by atoms with Crippen LogP contribution in [0.25, 0.3) is 22.0 Å². The molecule has 10 heteroatoms. The molecule has 2 aromatic heterocycles. The van der Waals surface area contributed by atoms with E-state index in [4.69, 9.17) is 15.1 Å². The average molecular weight is 504 g/mol. The Morgan fingerprint density at radius 1 is 0.917 bits per heavy atom. The van der Waals surface area contributed by atoms with Crippen molar-refractivity contribution in [3.63, 3.8) is 0 Å². The zero-order chi connectivity index (χ0) is 25.3. The van der Waals surface area contributed by atoms with E-state index in [-0.39, 0.29) is 4.90 Å². The number of sulfonamides is 1. The van der Waals surface area contributed by atoms with Gasteiger partial charge in [-0.3, -0.25) is 4.90 Å². The van der Waals surface area contributed by atoms with Crippen molar-refractivity contribution in [3.05, 3.63) is 67.0 Å². The zero-order valence-corrected chi connectivity index (χ0v) is 21.1. The van der Waals surface area contributed by atoms with Crippen LogP contribution in [-0.4, -0.2) is 60.5 Å². The third kappa shape index (κ3) is 5.15. The molecular weight excluding hydrogens is 474 g/mol. The van der Waals surface area contributed by atoms with E-state index in [1.54, 1.807) is 18.3 Å². The normalized spacial score (nSPS) is 14.9. The summed E-state index contributed by atoms with van der Waals surface area (Å²) in [5.41, 5.74) is 3.40. The summed E-state index contributed by atoms with van der Waals surface area (Å²) in [6.07, 6.45) is 3.67. The lowest BCUT2D eigenvalue weighted by Crippen LogP contribution is -2.49. The minimum atomic E-state index is -3.74. The van der Waals surface area contributed by atoms with E-state index >= 15 is 0 Å². The van der Waals surface area contributed by atoms with Crippen LogP contribution < -0.4 is 15.4 Å². The van der Waals surface area contributed by atoms with Gasteiger partial charge in [0.2, 0.25) is 16.0 Å². The molecule has 3 N–H and O–H groups in total. The number of anilines is 3. The molecule has 2 aromatic carbocycles. The molecule has 5 rings (SSSR count). The molecule has 0 aliphatic carbocycles. The second kappa shape index (κ2) is 9.81. The van der Waals surface area contributed by atoms with Crippen LogP contribution in [-0.2, 0) is 10.0 Å². The van der Waals surface area contributed by atoms with E-state index in [1.165, 1.54) is 12.1 Å². The molecule has 1 aliphatic rings. The Bertz CT molecular complexity index is 1460. The van der Waals surface area contributed by atoms with Crippen molar-refractivity contribution in [1.29, 1.82) is 0 Å². The third-order valence-corrected chi connectivity index (χ3v) is 7.41. The first-order valence-electron chi connectivity index (χ1n) is 11.9. The fourth-order valence-electron chi connectivity index (χ4n) is 4.41. The first-order valence-corrected chi connectivity index (χ1v) is 13.4. The second-order valence-corrected chi connectivity index (χ2v) is 10.7. The Morgan fingerprint density at radius 3 is 2.31 bits per heavy atom. The number of hydrogen-bond acceptors (Lipinski definition) is 8. The van der Waals surface area contributed by atoms with Crippen molar-refractivity contribution in [3.8, 4) is 11.1 Å². The van der Waals surface area contributed by atoms with Crippen LogP contribution in [0, 0.1) is 0 Å². The van der Waals surface area contributed by atoms with Crippen molar-refractivity contribution in [1.82, 2.24) is 19.9 Å². The van der Waals surface area contributed by atoms with Gasteiger partial charge in [0.15, 0.2) is 0 Å². The molecule has 0 amide bonds. The Balaban J connectivity index is 1.38. The lowest BCUT2D eigenvalue weighted by atomic mass is 10.0. The standard InChI is InChI=1S/C26H29N7O2S/c1-18(2)32-12-14-33(15-13-32)24-11-6-19(16-28-24)23-5-3-4-20-17-29-26(31-25(20)23)30-21-7-9-22(10-8-21)36(27,34)35/h3-11,16-18H,12-15H2,1-2H3,(H2,27,34,35)(H,29,30,31). The van der Waals surface area contributed by atoms with Crippen LogP contribution in [0.1, 0.15) is 13.8 Å². The number of benzene rings is 2. The first-order chi connectivity index (χ1) is 17.3. The van der Waals surface area contributed by atoms with Crippen molar-refractivity contribution < 1.29 is 8.42 Å². The fraction of sp³-hybridized carbons (Fsp3) is 0.269. The van der Waals surface area contributed by atoms with Gasteiger partial charge in [0.1, 0.15) is 5.82 Å². The predicted octanol–water partition coefficient (Wildman–Crippen LogP) is 3.61. The van der Waals surface area contributed by atoms with E-state index in [0.717, 1.165) is 54.0 Å². The maximum absolute atomic E-state index is 11.5. The fourth-order valence-corrected chi connectivity index (χ4v) is 4.92. The number of pyridine rings is 1. The van der Waals surface area contributed by atoms with Crippen LogP contribution in [0.4, 0.5) is 17.5 Å². The summed E-state index contributed by atoms with van der Waals surface area (Å²) < 4.78 is 23.0. The third-order valence-electron chi connectivity index (χ3n) is 6.48. The number of nitrogens with two attached hydrogens (primary N) is 1. The van der Waals surface area contributed by atoms with Crippen LogP contribution in [0.3, 0.4) is 0 Å². The SMILES string of the molecule is CC(C)N1CCN(c2ccc(-c3cccc4cnc(Nc5ccc(S(N)(=O)=O)cc5)nc34)cn2)CC1.